The van der Waals surface area contributed by atoms with Crippen molar-refractivity contribution in [2.24, 2.45) is 0 Å². The predicted octanol–water partition coefficient (Wildman–Crippen LogP) is 6.11. The molecule has 1 unspecified atom stereocenters. The molecule has 12 heteroatoms. The van der Waals surface area contributed by atoms with Crippen molar-refractivity contribution in [2.45, 2.75) is 56.5 Å². The van der Waals surface area contributed by atoms with Crippen LogP contribution in [-0.4, -0.2) is 84.6 Å². The molecule has 2 N–H and O–H groups in total. The van der Waals surface area contributed by atoms with Crippen LogP contribution in [0.25, 0.3) is 0 Å². The van der Waals surface area contributed by atoms with Crippen molar-refractivity contribution in [3.05, 3.63) is 118 Å². The molecule has 0 bridgehead atoms. The van der Waals surface area contributed by atoms with Gasteiger partial charge in [0, 0.05) is 73.9 Å². The van der Waals surface area contributed by atoms with E-state index in [0.717, 1.165) is 79.9 Å². The second-order valence-corrected chi connectivity index (χ2v) is 14.8. The summed E-state index contributed by atoms with van der Waals surface area (Å²) in [6.07, 6.45) is 3.34. The summed E-state index contributed by atoms with van der Waals surface area (Å²) in [5.74, 6) is -1.24. The third-order valence-electron chi connectivity index (χ3n) is 11.4. The topological polar surface area (TPSA) is 112 Å². The van der Waals surface area contributed by atoms with Gasteiger partial charge in [-0.3, -0.25) is 24.6 Å². The second-order valence-electron chi connectivity index (χ2n) is 14.8. The van der Waals surface area contributed by atoms with Crippen molar-refractivity contribution in [1.82, 2.24) is 15.1 Å². The number of halogens is 2. The fraction of sp³-hybridized carbons (Fsp3) is 0.372. The summed E-state index contributed by atoms with van der Waals surface area (Å²) in [6.45, 7) is 5.63. The standard InChI is InChI=1S/C43H44F2N4O6/c44-30-7-4-27(5-8-30)35-26-55-39-24-32(50)10-12-34(39)41(35)28-6-14-38(36(45)23-28)54-21-3-1-2-16-47-17-19-48(20-18-47)31-9-11-33-29(22-31)25-49(43(33)53)37-13-15-40(51)46-42(37)52/h4-12,14,22-24,35,37,41,50H,1-3,13,15-21,25-26H2,(H,46,51,52)/t35-,37?,41-/m0/s1. The van der Waals surface area contributed by atoms with Crippen LogP contribution in [0.15, 0.2) is 78.9 Å². The third-order valence-corrected chi connectivity index (χ3v) is 11.4. The molecule has 55 heavy (non-hydrogen) atoms. The van der Waals surface area contributed by atoms with Crippen molar-refractivity contribution in [2.75, 3.05) is 50.8 Å². The van der Waals surface area contributed by atoms with E-state index in [-0.39, 0.29) is 47.4 Å². The molecule has 10 nitrogen and oxygen atoms in total. The van der Waals surface area contributed by atoms with Gasteiger partial charge in [-0.05, 0) is 97.4 Å². The summed E-state index contributed by atoms with van der Waals surface area (Å²) < 4.78 is 41.1. The summed E-state index contributed by atoms with van der Waals surface area (Å²) in [5.41, 5.74) is 5.06. The van der Waals surface area contributed by atoms with E-state index in [4.69, 9.17) is 9.47 Å². The van der Waals surface area contributed by atoms with Gasteiger partial charge in [0.25, 0.3) is 5.91 Å². The largest absolute Gasteiger partial charge is 0.508 e. The molecule has 4 aromatic carbocycles. The van der Waals surface area contributed by atoms with Gasteiger partial charge in [0.05, 0.1) is 13.2 Å². The number of aromatic hydroxyl groups is 1. The first-order valence-corrected chi connectivity index (χ1v) is 19.1. The molecule has 3 amide bonds. The number of phenolic OH excluding ortho intramolecular Hbond substituents is 1. The molecule has 286 valence electrons. The summed E-state index contributed by atoms with van der Waals surface area (Å²) >= 11 is 0. The highest BCUT2D eigenvalue weighted by atomic mass is 19.1. The van der Waals surface area contributed by atoms with Gasteiger partial charge >= 0.3 is 0 Å². The Morgan fingerprint density at radius 2 is 1.65 bits per heavy atom. The number of amides is 3. The van der Waals surface area contributed by atoms with Gasteiger partial charge in [0.1, 0.15) is 23.4 Å². The third kappa shape index (κ3) is 7.73. The maximum Gasteiger partial charge on any atom is 0.255 e. The van der Waals surface area contributed by atoms with Crippen molar-refractivity contribution >= 4 is 23.4 Å². The van der Waals surface area contributed by atoms with Gasteiger partial charge in [-0.1, -0.05) is 24.3 Å². The molecule has 0 aliphatic carbocycles. The number of nitrogens with zero attached hydrogens (tertiary/aromatic N) is 3. The van der Waals surface area contributed by atoms with Gasteiger partial charge in [0.15, 0.2) is 11.6 Å². The molecule has 4 aliphatic rings. The highest BCUT2D eigenvalue weighted by Crippen LogP contribution is 2.47. The van der Waals surface area contributed by atoms with Gasteiger partial charge < -0.3 is 24.4 Å². The molecule has 0 saturated carbocycles. The number of ether oxygens (including phenoxy) is 2. The predicted molar refractivity (Wildman–Crippen MR) is 201 cm³/mol. The molecular formula is C43H44F2N4O6. The molecule has 2 fully saturated rings. The average Bonchev–Trinajstić information content (AvgIpc) is 3.51. The highest BCUT2D eigenvalue weighted by Gasteiger charge is 2.39. The molecule has 3 atom stereocenters. The number of imide groups is 1. The Labute approximate surface area is 318 Å². The number of benzene rings is 4. The van der Waals surface area contributed by atoms with E-state index in [0.29, 0.717) is 37.5 Å². The first-order chi connectivity index (χ1) is 26.7. The zero-order valence-corrected chi connectivity index (χ0v) is 30.5. The highest BCUT2D eigenvalue weighted by molar-refractivity contribution is 6.05. The van der Waals surface area contributed by atoms with Gasteiger partial charge in [0.2, 0.25) is 11.8 Å². The molecule has 8 rings (SSSR count). The maximum absolute atomic E-state index is 15.5. The lowest BCUT2D eigenvalue weighted by molar-refractivity contribution is -0.136. The zero-order valence-electron chi connectivity index (χ0n) is 30.5. The number of piperidine rings is 1. The Hall–Kier alpha value is -5.49. The Bertz CT molecular complexity index is 2090. The number of rotatable bonds is 11. The summed E-state index contributed by atoms with van der Waals surface area (Å²) in [4.78, 5) is 43.4. The fourth-order valence-electron chi connectivity index (χ4n) is 8.42. The number of unbranched alkanes of at least 4 members (excludes halogenated alkanes) is 2. The molecule has 0 aromatic heterocycles. The minimum absolute atomic E-state index is 0.0883. The first-order valence-electron chi connectivity index (χ1n) is 19.1. The number of carbonyl (C=O) groups excluding carboxylic acids is 3. The number of hydrogen-bond acceptors (Lipinski definition) is 8. The normalized spacial score (nSPS) is 21.2. The minimum Gasteiger partial charge on any atom is -0.508 e. The van der Waals surface area contributed by atoms with E-state index in [2.05, 4.69) is 21.2 Å². The average molecular weight is 751 g/mol. The van der Waals surface area contributed by atoms with Crippen LogP contribution in [0, 0.1) is 11.6 Å². The Morgan fingerprint density at radius 3 is 2.44 bits per heavy atom. The number of anilines is 1. The van der Waals surface area contributed by atoms with Crippen molar-refractivity contribution < 1.29 is 37.7 Å². The molecular weight excluding hydrogens is 706 g/mol. The quantitative estimate of drug-likeness (QED) is 0.140. The molecule has 0 spiro atoms. The lowest BCUT2D eigenvalue weighted by Gasteiger charge is -2.36. The molecule has 4 aromatic rings. The van der Waals surface area contributed by atoms with Crippen LogP contribution in [0.1, 0.15) is 76.6 Å². The summed E-state index contributed by atoms with van der Waals surface area (Å²) in [6, 6.07) is 21.6. The van der Waals surface area contributed by atoms with Crippen LogP contribution in [0.2, 0.25) is 0 Å². The van der Waals surface area contributed by atoms with Crippen LogP contribution in [0.5, 0.6) is 17.2 Å². The first kappa shape index (κ1) is 36.5. The number of hydrogen-bond donors (Lipinski definition) is 2. The van der Waals surface area contributed by atoms with E-state index < -0.39 is 17.8 Å². The number of piperazine rings is 1. The number of fused-ring (bicyclic) bond motifs is 2. The van der Waals surface area contributed by atoms with Crippen molar-refractivity contribution in [3.8, 4) is 17.2 Å². The van der Waals surface area contributed by atoms with Gasteiger partial charge in [-0.25, -0.2) is 8.78 Å². The second kappa shape index (κ2) is 15.7. The SMILES string of the molecule is O=C1CCC(N2Cc3cc(N4CCN(CCCCCOc5ccc([C@H]6c7ccc(O)cc7OC[C@H]6c6ccc(F)cc6)cc5F)CC4)ccc3C2=O)C(=O)N1. The minimum atomic E-state index is -0.618. The van der Waals surface area contributed by atoms with Crippen LogP contribution >= 0.6 is 0 Å². The van der Waals surface area contributed by atoms with E-state index in [1.807, 2.05) is 18.2 Å². The zero-order chi connectivity index (χ0) is 38.1. The Morgan fingerprint density at radius 1 is 0.855 bits per heavy atom. The maximum atomic E-state index is 15.5. The van der Waals surface area contributed by atoms with Gasteiger partial charge in [-0.2, -0.15) is 0 Å². The fourth-order valence-corrected chi connectivity index (χ4v) is 8.42. The molecule has 2 saturated heterocycles. The van der Waals surface area contributed by atoms with E-state index >= 15 is 4.39 Å². The smallest absolute Gasteiger partial charge is 0.255 e. The van der Waals surface area contributed by atoms with E-state index in [1.54, 1.807) is 41.3 Å². The van der Waals surface area contributed by atoms with E-state index in [9.17, 15) is 23.9 Å². The summed E-state index contributed by atoms with van der Waals surface area (Å²) in [7, 11) is 0. The number of phenols is 1. The van der Waals surface area contributed by atoms with Crippen LogP contribution in [-0.2, 0) is 16.1 Å². The number of carbonyl (C=O) groups is 3. The molecule has 4 heterocycles. The van der Waals surface area contributed by atoms with Crippen LogP contribution in [0.3, 0.4) is 0 Å². The molecule has 0 radical (unpaired) electrons. The van der Waals surface area contributed by atoms with Crippen molar-refractivity contribution in [3.63, 3.8) is 0 Å². The molecule has 4 aliphatic heterocycles. The lowest BCUT2D eigenvalue weighted by Crippen LogP contribution is -2.52. The number of nitrogens with one attached hydrogen (secondary N) is 1. The summed E-state index contributed by atoms with van der Waals surface area (Å²) in [5, 5.41) is 12.4. The lowest BCUT2D eigenvalue weighted by atomic mass is 9.76. The van der Waals surface area contributed by atoms with Gasteiger partial charge in [-0.15, -0.1) is 0 Å². The Kier molecular flexibility index (Phi) is 10.4. The van der Waals surface area contributed by atoms with Crippen molar-refractivity contribution in [1.29, 1.82) is 0 Å². The Balaban J connectivity index is 0.792. The van der Waals surface area contributed by atoms with Crippen LogP contribution < -0.4 is 19.7 Å². The monoisotopic (exact) mass is 750 g/mol. The van der Waals surface area contributed by atoms with Crippen LogP contribution in [0.4, 0.5) is 14.5 Å². The van der Waals surface area contributed by atoms with E-state index in [1.165, 1.54) is 18.2 Å².